The number of hydrogen-bond acceptors (Lipinski definition) is 3. The van der Waals surface area contributed by atoms with E-state index in [1.807, 2.05) is 24.3 Å². The van der Waals surface area contributed by atoms with Crippen LogP contribution in [0.5, 0.6) is 0 Å². The predicted octanol–water partition coefficient (Wildman–Crippen LogP) is 4.27. The van der Waals surface area contributed by atoms with Gasteiger partial charge in [-0.3, -0.25) is 4.79 Å². The van der Waals surface area contributed by atoms with Crippen LogP contribution in [0.3, 0.4) is 0 Å². The van der Waals surface area contributed by atoms with E-state index in [4.69, 9.17) is 27.9 Å². The van der Waals surface area contributed by atoms with Gasteiger partial charge in [-0.25, -0.2) is 9.18 Å². The Bertz CT molecular complexity index is 841. The standard InChI is InChI=1S/C18H14Cl2FNO3/c19-13-9-14(20)15(21)8-12(13)18(24)25-10-17(23)22-7-3-5-11-4-1-2-6-16(11)22/h1-2,4,6,8-9H,3,5,7,10H2. The number of amides is 1. The zero-order valence-corrected chi connectivity index (χ0v) is 14.6. The number of anilines is 1. The molecule has 0 radical (unpaired) electrons. The van der Waals surface area contributed by atoms with E-state index in [9.17, 15) is 14.0 Å². The number of ether oxygens (including phenoxy) is 1. The lowest BCUT2D eigenvalue weighted by molar-refractivity contribution is -0.121. The van der Waals surface area contributed by atoms with Gasteiger partial charge in [-0.2, -0.15) is 0 Å². The Kier molecular flexibility index (Phi) is 5.25. The summed E-state index contributed by atoms with van der Waals surface area (Å²) in [5, 5.41) is -0.227. The molecule has 2 aromatic rings. The van der Waals surface area contributed by atoms with E-state index < -0.39 is 18.4 Å². The minimum atomic E-state index is -0.876. The molecule has 0 N–H and O–H groups in total. The zero-order valence-electron chi connectivity index (χ0n) is 13.1. The summed E-state index contributed by atoms with van der Waals surface area (Å²) in [4.78, 5) is 26.1. The largest absolute Gasteiger partial charge is 0.452 e. The van der Waals surface area contributed by atoms with Crippen LogP contribution in [0.15, 0.2) is 36.4 Å². The van der Waals surface area contributed by atoms with Gasteiger partial charge in [0.05, 0.1) is 15.6 Å². The van der Waals surface area contributed by atoms with Crippen LogP contribution >= 0.6 is 23.2 Å². The van der Waals surface area contributed by atoms with Crippen LogP contribution in [0.4, 0.5) is 10.1 Å². The van der Waals surface area contributed by atoms with Crippen molar-refractivity contribution in [1.29, 1.82) is 0 Å². The second kappa shape index (κ2) is 7.42. The van der Waals surface area contributed by atoms with E-state index in [-0.39, 0.29) is 21.5 Å². The highest BCUT2D eigenvalue weighted by atomic mass is 35.5. The van der Waals surface area contributed by atoms with Crippen LogP contribution in [0.25, 0.3) is 0 Å². The number of aryl methyl sites for hydroxylation is 1. The number of hydrogen-bond donors (Lipinski definition) is 0. The number of fused-ring (bicyclic) bond motifs is 1. The van der Waals surface area contributed by atoms with Crippen LogP contribution in [0.1, 0.15) is 22.3 Å². The first kappa shape index (κ1) is 17.7. The smallest absolute Gasteiger partial charge is 0.340 e. The Hall–Kier alpha value is -2.11. The molecule has 0 saturated carbocycles. The van der Waals surface area contributed by atoms with E-state index in [1.54, 1.807) is 4.90 Å². The molecule has 1 amide bonds. The molecule has 0 saturated heterocycles. The maximum absolute atomic E-state index is 13.5. The third kappa shape index (κ3) is 3.78. The summed E-state index contributed by atoms with van der Waals surface area (Å²) in [6, 6.07) is 9.62. The van der Waals surface area contributed by atoms with Gasteiger partial charge in [0.15, 0.2) is 6.61 Å². The molecule has 7 heteroatoms. The Balaban J connectivity index is 1.69. The number of carbonyl (C=O) groups excluding carboxylic acids is 2. The highest BCUT2D eigenvalue weighted by Crippen LogP contribution is 2.27. The summed E-state index contributed by atoms with van der Waals surface area (Å²) in [5.74, 6) is -2.00. The molecule has 0 atom stereocenters. The molecule has 3 rings (SSSR count). The van der Waals surface area contributed by atoms with Crippen molar-refractivity contribution in [3.05, 3.63) is 63.4 Å². The quantitative estimate of drug-likeness (QED) is 0.589. The highest BCUT2D eigenvalue weighted by Gasteiger charge is 2.24. The minimum absolute atomic E-state index is 0.0350. The van der Waals surface area contributed by atoms with Crippen LogP contribution in [0.2, 0.25) is 10.0 Å². The first-order valence-electron chi connectivity index (χ1n) is 7.67. The van der Waals surface area contributed by atoms with Gasteiger partial charge in [-0.15, -0.1) is 0 Å². The van der Waals surface area contributed by atoms with Crippen molar-refractivity contribution < 1.29 is 18.7 Å². The Morgan fingerprint density at radius 1 is 1.16 bits per heavy atom. The number of para-hydroxylation sites is 1. The van der Waals surface area contributed by atoms with Gasteiger partial charge in [-0.05, 0) is 36.6 Å². The highest BCUT2D eigenvalue weighted by molar-refractivity contribution is 6.36. The average molecular weight is 382 g/mol. The Morgan fingerprint density at radius 3 is 2.72 bits per heavy atom. The molecule has 0 spiro atoms. The van der Waals surface area contributed by atoms with Crippen molar-refractivity contribution in [3.63, 3.8) is 0 Å². The van der Waals surface area contributed by atoms with E-state index in [0.717, 1.165) is 36.2 Å². The normalized spacial score (nSPS) is 13.3. The Labute approximate surface area is 154 Å². The van der Waals surface area contributed by atoms with Gasteiger partial charge in [0.25, 0.3) is 5.91 Å². The minimum Gasteiger partial charge on any atom is -0.452 e. The van der Waals surface area contributed by atoms with Crippen molar-refractivity contribution in [2.24, 2.45) is 0 Å². The summed E-state index contributed by atoms with van der Waals surface area (Å²) >= 11 is 11.5. The number of rotatable bonds is 3. The number of benzene rings is 2. The lowest BCUT2D eigenvalue weighted by atomic mass is 10.0. The summed E-state index contributed by atoms with van der Waals surface area (Å²) in [5.41, 5.74) is 1.73. The van der Waals surface area contributed by atoms with Gasteiger partial charge >= 0.3 is 5.97 Å². The first-order valence-corrected chi connectivity index (χ1v) is 8.43. The average Bonchev–Trinajstić information content (AvgIpc) is 2.62. The molecule has 4 nitrogen and oxygen atoms in total. The predicted molar refractivity (Wildman–Crippen MR) is 93.8 cm³/mol. The fourth-order valence-electron chi connectivity index (χ4n) is 2.75. The molecule has 2 aromatic carbocycles. The van der Waals surface area contributed by atoms with Gasteiger partial charge in [0, 0.05) is 12.2 Å². The summed E-state index contributed by atoms with van der Waals surface area (Å²) in [6.07, 6.45) is 1.74. The summed E-state index contributed by atoms with van der Waals surface area (Å²) in [6.45, 7) is 0.109. The molecular formula is C18H14Cl2FNO3. The SMILES string of the molecule is O=C(OCC(=O)N1CCCc2ccccc21)c1cc(F)c(Cl)cc1Cl. The molecule has 1 aliphatic rings. The summed E-state index contributed by atoms with van der Waals surface area (Å²) in [7, 11) is 0. The van der Waals surface area contributed by atoms with Gasteiger partial charge in [0.2, 0.25) is 0 Å². The van der Waals surface area contributed by atoms with Crippen molar-refractivity contribution in [2.75, 3.05) is 18.1 Å². The second-order valence-electron chi connectivity index (χ2n) is 5.60. The number of esters is 1. The monoisotopic (exact) mass is 381 g/mol. The first-order chi connectivity index (χ1) is 12.0. The molecule has 0 bridgehead atoms. The third-order valence-corrected chi connectivity index (χ3v) is 4.57. The van der Waals surface area contributed by atoms with Crippen LogP contribution < -0.4 is 4.90 Å². The van der Waals surface area contributed by atoms with Crippen LogP contribution in [0, 0.1) is 5.82 Å². The fourth-order valence-corrected chi connectivity index (χ4v) is 3.21. The molecule has 130 valence electrons. The van der Waals surface area contributed by atoms with Crippen molar-refractivity contribution in [2.45, 2.75) is 12.8 Å². The maximum atomic E-state index is 13.5. The van der Waals surface area contributed by atoms with E-state index in [0.29, 0.717) is 6.54 Å². The van der Waals surface area contributed by atoms with Crippen molar-refractivity contribution in [3.8, 4) is 0 Å². The second-order valence-corrected chi connectivity index (χ2v) is 6.41. The molecule has 0 aromatic heterocycles. The molecule has 0 fully saturated rings. The molecule has 0 aliphatic carbocycles. The molecular weight excluding hydrogens is 368 g/mol. The molecule has 1 aliphatic heterocycles. The Morgan fingerprint density at radius 2 is 1.92 bits per heavy atom. The van der Waals surface area contributed by atoms with E-state index >= 15 is 0 Å². The van der Waals surface area contributed by atoms with Crippen LogP contribution in [-0.4, -0.2) is 25.0 Å². The number of halogens is 3. The molecule has 1 heterocycles. The van der Waals surface area contributed by atoms with Gasteiger partial charge < -0.3 is 9.64 Å². The van der Waals surface area contributed by atoms with Crippen LogP contribution in [-0.2, 0) is 16.0 Å². The topological polar surface area (TPSA) is 46.6 Å². The van der Waals surface area contributed by atoms with Crippen molar-refractivity contribution in [1.82, 2.24) is 0 Å². The van der Waals surface area contributed by atoms with Crippen molar-refractivity contribution >= 4 is 40.8 Å². The number of carbonyl (C=O) groups is 2. The van der Waals surface area contributed by atoms with Gasteiger partial charge in [0.1, 0.15) is 5.82 Å². The third-order valence-electron chi connectivity index (χ3n) is 3.97. The van der Waals surface area contributed by atoms with E-state index in [2.05, 4.69) is 0 Å². The molecule has 25 heavy (non-hydrogen) atoms. The lowest BCUT2D eigenvalue weighted by Gasteiger charge is -2.29. The number of nitrogens with zero attached hydrogens (tertiary/aromatic N) is 1. The maximum Gasteiger partial charge on any atom is 0.340 e. The van der Waals surface area contributed by atoms with E-state index in [1.165, 1.54) is 0 Å². The lowest BCUT2D eigenvalue weighted by Crippen LogP contribution is -2.38. The van der Waals surface area contributed by atoms with Gasteiger partial charge in [-0.1, -0.05) is 41.4 Å². The zero-order chi connectivity index (χ0) is 18.0. The fraction of sp³-hybridized carbons (Fsp3) is 0.222. The summed E-state index contributed by atoms with van der Waals surface area (Å²) < 4.78 is 18.5. The molecule has 0 unspecified atom stereocenters.